The van der Waals surface area contributed by atoms with Crippen LogP contribution in [0.5, 0.6) is 17.4 Å². The maximum atomic E-state index is 13.7. The minimum atomic E-state index is -0.457. The van der Waals surface area contributed by atoms with Crippen molar-refractivity contribution in [3.8, 4) is 17.4 Å². The molecule has 0 atom stereocenters. The van der Waals surface area contributed by atoms with Gasteiger partial charge in [0.2, 0.25) is 5.75 Å². The Labute approximate surface area is 116 Å². The van der Waals surface area contributed by atoms with Crippen LogP contribution in [-0.4, -0.2) is 23.6 Å². The van der Waals surface area contributed by atoms with E-state index >= 15 is 0 Å². The quantitative estimate of drug-likeness (QED) is 0.909. The van der Waals surface area contributed by atoms with E-state index in [1.807, 2.05) is 13.8 Å². The molecule has 0 saturated heterocycles. The molecule has 0 unspecified atom stereocenters. The third-order valence-corrected chi connectivity index (χ3v) is 2.61. The number of rotatable bonds is 5. The van der Waals surface area contributed by atoms with Crippen molar-refractivity contribution in [1.29, 1.82) is 0 Å². The molecule has 0 aliphatic rings. The van der Waals surface area contributed by atoms with Crippen molar-refractivity contribution in [2.45, 2.75) is 13.8 Å². The number of anilines is 1. The summed E-state index contributed by atoms with van der Waals surface area (Å²) in [5, 5.41) is 3.03. The van der Waals surface area contributed by atoms with Crippen LogP contribution in [0.3, 0.4) is 0 Å². The lowest BCUT2D eigenvalue weighted by atomic mass is 10.2. The lowest BCUT2D eigenvalue weighted by molar-refractivity contribution is 0.360. The molecule has 2 aromatic rings. The highest BCUT2D eigenvalue weighted by molar-refractivity contribution is 5.55. The number of aryl methyl sites for hydroxylation is 1. The zero-order chi connectivity index (χ0) is 14.5. The molecule has 1 aromatic carbocycles. The summed E-state index contributed by atoms with van der Waals surface area (Å²) < 4.78 is 24.5. The lowest BCUT2D eigenvalue weighted by Gasteiger charge is -2.13. The summed E-state index contributed by atoms with van der Waals surface area (Å²) in [6, 6.07) is 4.62. The van der Waals surface area contributed by atoms with E-state index in [0.717, 1.165) is 5.56 Å². The zero-order valence-electron chi connectivity index (χ0n) is 11.6. The number of methoxy groups -OCH3 is 1. The molecule has 0 radical (unpaired) electrons. The Morgan fingerprint density at radius 1 is 1.30 bits per heavy atom. The molecular weight excluding hydrogens is 261 g/mol. The average molecular weight is 277 g/mol. The van der Waals surface area contributed by atoms with Gasteiger partial charge in [-0.05, 0) is 31.5 Å². The smallest absolute Gasteiger partial charge is 0.268 e. The Kier molecular flexibility index (Phi) is 4.34. The molecular formula is C14H16FN3O2. The lowest BCUT2D eigenvalue weighted by Crippen LogP contribution is -2.04. The molecule has 2 rings (SSSR count). The number of hydrogen-bond acceptors (Lipinski definition) is 5. The molecule has 0 spiro atoms. The van der Waals surface area contributed by atoms with Gasteiger partial charge >= 0.3 is 0 Å². The van der Waals surface area contributed by atoms with Crippen LogP contribution in [0.4, 0.5) is 10.2 Å². The second-order valence-electron chi connectivity index (χ2n) is 4.13. The Balaban J connectivity index is 2.37. The molecule has 5 nitrogen and oxygen atoms in total. The van der Waals surface area contributed by atoms with Gasteiger partial charge in [-0.25, -0.2) is 9.37 Å². The SMILES string of the molecule is CCNc1ncnc(Oc2cc(C)ccc2F)c1OC. The molecule has 0 aliphatic carbocycles. The molecule has 106 valence electrons. The highest BCUT2D eigenvalue weighted by Crippen LogP contribution is 2.35. The van der Waals surface area contributed by atoms with Gasteiger partial charge in [0.1, 0.15) is 6.33 Å². The van der Waals surface area contributed by atoms with E-state index in [1.165, 1.54) is 19.5 Å². The van der Waals surface area contributed by atoms with Crippen LogP contribution in [-0.2, 0) is 0 Å². The fraction of sp³-hybridized carbons (Fsp3) is 0.286. The normalized spacial score (nSPS) is 10.2. The number of aromatic nitrogens is 2. The Bertz CT molecular complexity index is 605. The van der Waals surface area contributed by atoms with Gasteiger partial charge in [0, 0.05) is 6.54 Å². The third-order valence-electron chi connectivity index (χ3n) is 2.61. The average Bonchev–Trinajstić information content (AvgIpc) is 2.43. The second-order valence-corrected chi connectivity index (χ2v) is 4.13. The van der Waals surface area contributed by atoms with Gasteiger partial charge < -0.3 is 14.8 Å². The molecule has 20 heavy (non-hydrogen) atoms. The number of benzene rings is 1. The molecule has 0 fully saturated rings. The van der Waals surface area contributed by atoms with Crippen LogP contribution in [0.2, 0.25) is 0 Å². The van der Waals surface area contributed by atoms with E-state index in [2.05, 4.69) is 15.3 Å². The highest BCUT2D eigenvalue weighted by Gasteiger charge is 2.15. The molecule has 0 bridgehead atoms. The molecule has 0 aliphatic heterocycles. The number of nitrogens with zero attached hydrogens (tertiary/aromatic N) is 2. The first-order valence-electron chi connectivity index (χ1n) is 6.22. The van der Waals surface area contributed by atoms with Gasteiger partial charge in [-0.3, -0.25) is 0 Å². The van der Waals surface area contributed by atoms with Gasteiger partial charge in [-0.15, -0.1) is 0 Å². The van der Waals surface area contributed by atoms with Crippen molar-refractivity contribution in [3.63, 3.8) is 0 Å². The fourth-order valence-corrected chi connectivity index (χ4v) is 1.70. The van der Waals surface area contributed by atoms with Gasteiger partial charge in [0.25, 0.3) is 5.88 Å². The molecule has 1 heterocycles. The predicted molar refractivity (Wildman–Crippen MR) is 74.0 cm³/mol. The van der Waals surface area contributed by atoms with Gasteiger partial charge in [0.05, 0.1) is 7.11 Å². The summed E-state index contributed by atoms with van der Waals surface area (Å²) in [4.78, 5) is 8.05. The number of ether oxygens (including phenoxy) is 2. The molecule has 0 amide bonds. The number of nitrogens with one attached hydrogen (secondary N) is 1. The maximum Gasteiger partial charge on any atom is 0.268 e. The molecule has 0 saturated carbocycles. The van der Waals surface area contributed by atoms with E-state index in [9.17, 15) is 4.39 Å². The second kappa shape index (κ2) is 6.18. The zero-order valence-corrected chi connectivity index (χ0v) is 11.6. The van der Waals surface area contributed by atoms with Gasteiger partial charge in [-0.1, -0.05) is 6.07 Å². The monoisotopic (exact) mass is 277 g/mol. The van der Waals surface area contributed by atoms with Crippen molar-refractivity contribution in [1.82, 2.24) is 9.97 Å². The van der Waals surface area contributed by atoms with Crippen LogP contribution in [0.1, 0.15) is 12.5 Å². The first-order chi connectivity index (χ1) is 9.65. The molecule has 1 aromatic heterocycles. The van der Waals surface area contributed by atoms with Crippen LogP contribution in [0.15, 0.2) is 24.5 Å². The van der Waals surface area contributed by atoms with Crippen molar-refractivity contribution in [2.24, 2.45) is 0 Å². The first-order valence-corrected chi connectivity index (χ1v) is 6.22. The fourth-order valence-electron chi connectivity index (χ4n) is 1.70. The molecule has 1 N–H and O–H groups in total. The van der Waals surface area contributed by atoms with E-state index in [-0.39, 0.29) is 11.6 Å². The summed E-state index contributed by atoms with van der Waals surface area (Å²) in [7, 11) is 1.49. The summed E-state index contributed by atoms with van der Waals surface area (Å²) >= 11 is 0. The summed E-state index contributed by atoms with van der Waals surface area (Å²) in [5.74, 6) is 0.664. The maximum absolute atomic E-state index is 13.7. The number of hydrogen-bond donors (Lipinski definition) is 1. The highest BCUT2D eigenvalue weighted by atomic mass is 19.1. The van der Waals surface area contributed by atoms with Gasteiger partial charge in [-0.2, -0.15) is 4.98 Å². The van der Waals surface area contributed by atoms with Crippen LogP contribution < -0.4 is 14.8 Å². The standard InChI is InChI=1S/C14H16FN3O2/c1-4-16-13-12(19-3)14(18-8-17-13)20-11-7-9(2)5-6-10(11)15/h5-8H,4H2,1-3H3,(H,16,17,18). The Hall–Kier alpha value is -2.37. The van der Waals surface area contributed by atoms with E-state index in [4.69, 9.17) is 9.47 Å². The van der Waals surface area contributed by atoms with Crippen LogP contribution in [0.25, 0.3) is 0 Å². The van der Waals surface area contributed by atoms with Gasteiger partial charge in [0.15, 0.2) is 17.4 Å². The van der Waals surface area contributed by atoms with E-state index < -0.39 is 5.82 Å². The molecule has 6 heteroatoms. The summed E-state index contributed by atoms with van der Waals surface area (Å²) in [6.07, 6.45) is 1.34. The van der Waals surface area contributed by atoms with Crippen molar-refractivity contribution >= 4 is 5.82 Å². The summed E-state index contributed by atoms with van der Waals surface area (Å²) in [5.41, 5.74) is 0.890. The minimum absolute atomic E-state index is 0.101. The summed E-state index contributed by atoms with van der Waals surface area (Å²) in [6.45, 7) is 4.46. The largest absolute Gasteiger partial charge is 0.489 e. The van der Waals surface area contributed by atoms with Crippen molar-refractivity contribution < 1.29 is 13.9 Å². The van der Waals surface area contributed by atoms with E-state index in [0.29, 0.717) is 18.1 Å². The predicted octanol–water partition coefficient (Wildman–Crippen LogP) is 3.16. The van der Waals surface area contributed by atoms with Crippen LogP contribution >= 0.6 is 0 Å². The van der Waals surface area contributed by atoms with Crippen LogP contribution in [0, 0.1) is 12.7 Å². The first kappa shape index (κ1) is 14.0. The topological polar surface area (TPSA) is 56.3 Å². The van der Waals surface area contributed by atoms with E-state index in [1.54, 1.807) is 12.1 Å². The third kappa shape index (κ3) is 2.96. The minimum Gasteiger partial charge on any atom is -0.489 e. The Morgan fingerprint density at radius 3 is 2.80 bits per heavy atom. The van der Waals surface area contributed by atoms with Crippen molar-refractivity contribution in [3.05, 3.63) is 35.9 Å². The Morgan fingerprint density at radius 2 is 2.10 bits per heavy atom. The number of halogens is 1. The van der Waals surface area contributed by atoms with Crippen molar-refractivity contribution in [2.75, 3.05) is 19.0 Å².